The second-order valence-electron chi connectivity index (χ2n) is 6.18. The van der Waals surface area contributed by atoms with Crippen molar-refractivity contribution in [2.75, 3.05) is 12.8 Å². The van der Waals surface area contributed by atoms with Crippen LogP contribution in [0.1, 0.15) is 30.9 Å². The molecule has 2 aromatic rings. The van der Waals surface area contributed by atoms with Gasteiger partial charge in [0.2, 0.25) is 0 Å². The molecule has 1 aromatic carbocycles. The summed E-state index contributed by atoms with van der Waals surface area (Å²) >= 11 is 0. The Kier molecular flexibility index (Phi) is 3.64. The lowest BCUT2D eigenvalue weighted by atomic mass is 10.0. The van der Waals surface area contributed by atoms with Gasteiger partial charge in [-0.25, -0.2) is 9.48 Å². The molecule has 0 amide bonds. The zero-order valence-electron chi connectivity index (χ0n) is 13.7. The van der Waals surface area contributed by atoms with Crippen LogP contribution in [0.3, 0.4) is 0 Å². The van der Waals surface area contributed by atoms with E-state index in [2.05, 4.69) is 29.4 Å². The molecule has 1 heterocycles. The second kappa shape index (κ2) is 5.53. The third-order valence-electron chi connectivity index (χ3n) is 4.46. The van der Waals surface area contributed by atoms with Gasteiger partial charge in [-0.05, 0) is 25.3 Å². The second-order valence-corrected chi connectivity index (χ2v) is 6.18. The molecule has 1 aliphatic rings. The minimum atomic E-state index is -0.476. The van der Waals surface area contributed by atoms with E-state index < -0.39 is 5.97 Å². The number of carbonyl (C=O) groups excluding carboxylic acids is 1. The minimum absolute atomic E-state index is 0.0902. The van der Waals surface area contributed by atoms with Gasteiger partial charge >= 0.3 is 5.97 Å². The number of nitriles is 1. The first-order valence-corrected chi connectivity index (χ1v) is 7.58. The van der Waals surface area contributed by atoms with Crippen molar-refractivity contribution in [1.29, 1.82) is 5.26 Å². The molecule has 0 saturated heterocycles. The third-order valence-corrected chi connectivity index (χ3v) is 4.46. The van der Waals surface area contributed by atoms with E-state index in [0.717, 1.165) is 18.4 Å². The molecular formula is C18H18N4O2. The van der Waals surface area contributed by atoms with E-state index >= 15 is 0 Å². The maximum atomic E-state index is 11.5. The summed E-state index contributed by atoms with van der Waals surface area (Å²) in [6.45, 7) is 5.80. The Morgan fingerprint density at radius 3 is 2.54 bits per heavy atom. The summed E-state index contributed by atoms with van der Waals surface area (Å²) in [4.78, 5) is 11.5. The maximum Gasteiger partial charge on any atom is 0.337 e. The van der Waals surface area contributed by atoms with Crippen LogP contribution in [0.5, 0.6) is 0 Å². The molecule has 1 saturated carbocycles. The average Bonchev–Trinajstić information content (AvgIpc) is 3.25. The van der Waals surface area contributed by atoms with Crippen LogP contribution in [0.2, 0.25) is 0 Å². The van der Waals surface area contributed by atoms with Gasteiger partial charge in [0.1, 0.15) is 23.1 Å². The monoisotopic (exact) mass is 322 g/mol. The van der Waals surface area contributed by atoms with Crippen molar-refractivity contribution < 1.29 is 9.53 Å². The number of nitrogen functional groups attached to an aromatic ring is 1. The maximum absolute atomic E-state index is 11.5. The lowest BCUT2D eigenvalue weighted by molar-refractivity contribution is -0.133. The molecule has 0 radical (unpaired) electrons. The highest BCUT2D eigenvalue weighted by molar-refractivity contribution is 6.15. The van der Waals surface area contributed by atoms with Crippen LogP contribution in [0.4, 0.5) is 5.82 Å². The first-order valence-electron chi connectivity index (χ1n) is 7.58. The van der Waals surface area contributed by atoms with Crippen molar-refractivity contribution in [3.05, 3.63) is 42.0 Å². The predicted molar refractivity (Wildman–Crippen MR) is 90.7 cm³/mol. The minimum Gasteiger partial charge on any atom is -0.465 e. The number of methoxy groups -OCH3 is 1. The molecule has 3 rings (SSSR count). The molecule has 1 aromatic heterocycles. The Balaban J connectivity index is 2.00. The summed E-state index contributed by atoms with van der Waals surface area (Å²) in [5, 5.41) is 14.0. The molecule has 0 aliphatic heterocycles. The number of esters is 1. The highest BCUT2D eigenvalue weighted by Crippen LogP contribution is 2.45. The zero-order valence-corrected chi connectivity index (χ0v) is 13.7. The largest absolute Gasteiger partial charge is 0.465 e. The quantitative estimate of drug-likeness (QED) is 0.690. The van der Waals surface area contributed by atoms with E-state index in [9.17, 15) is 10.1 Å². The molecule has 1 aliphatic carbocycles. The Morgan fingerprint density at radius 2 is 2.04 bits per heavy atom. The lowest BCUT2D eigenvalue weighted by Gasteiger charge is -2.10. The van der Waals surface area contributed by atoms with Crippen molar-refractivity contribution >= 4 is 17.4 Å². The summed E-state index contributed by atoms with van der Waals surface area (Å²) in [5.41, 5.74) is 8.66. The van der Waals surface area contributed by atoms with Gasteiger partial charge in [-0.1, -0.05) is 30.8 Å². The van der Waals surface area contributed by atoms with Crippen molar-refractivity contribution in [3.63, 3.8) is 0 Å². The van der Waals surface area contributed by atoms with Gasteiger partial charge in [0, 0.05) is 5.56 Å². The number of ether oxygens (including phenoxy) is 1. The number of nitrogens with zero attached hydrogens (tertiary/aromatic N) is 3. The molecule has 6 heteroatoms. The molecular weight excluding hydrogens is 304 g/mol. The van der Waals surface area contributed by atoms with E-state index in [1.165, 1.54) is 7.11 Å². The van der Waals surface area contributed by atoms with Crippen LogP contribution in [-0.2, 0) is 15.1 Å². The fourth-order valence-corrected chi connectivity index (χ4v) is 2.62. The molecule has 1 fully saturated rings. The smallest absolute Gasteiger partial charge is 0.337 e. The predicted octanol–water partition coefficient (Wildman–Crippen LogP) is 2.70. The number of carbonyl (C=O) groups is 1. The fraction of sp³-hybridized carbons (Fsp3) is 0.278. The summed E-state index contributed by atoms with van der Waals surface area (Å²) in [5.74, 6) is -0.0776. The number of hydrogen-bond donors (Lipinski definition) is 1. The van der Waals surface area contributed by atoms with E-state index in [4.69, 9.17) is 5.73 Å². The molecule has 6 nitrogen and oxygen atoms in total. The highest BCUT2D eigenvalue weighted by atomic mass is 16.5. The van der Waals surface area contributed by atoms with E-state index in [-0.39, 0.29) is 11.1 Å². The first kappa shape index (κ1) is 15.8. The van der Waals surface area contributed by atoms with Crippen LogP contribution in [0.15, 0.2) is 30.8 Å². The standard InChI is InChI=1S/C18H18N4O2/c1-11(17(23)24-3)12-4-6-13(7-5-12)15-14(10-19)16(20)22(21-15)18(2)8-9-18/h4-7H,1,8-9,20H2,2-3H3. The Hall–Kier alpha value is -3.07. The van der Waals surface area contributed by atoms with Crippen LogP contribution < -0.4 is 5.73 Å². The van der Waals surface area contributed by atoms with Crippen molar-refractivity contribution in [3.8, 4) is 17.3 Å². The van der Waals surface area contributed by atoms with Crippen LogP contribution in [0, 0.1) is 11.3 Å². The summed E-state index contributed by atoms with van der Waals surface area (Å²) in [6, 6.07) is 9.25. The zero-order chi connectivity index (χ0) is 17.5. The molecule has 24 heavy (non-hydrogen) atoms. The van der Waals surface area contributed by atoms with Gasteiger partial charge in [-0.3, -0.25) is 0 Å². The number of nitrogens with two attached hydrogens (primary N) is 1. The Bertz CT molecular complexity index is 868. The Labute approximate surface area is 140 Å². The van der Waals surface area contributed by atoms with Gasteiger partial charge in [0.05, 0.1) is 18.2 Å². The van der Waals surface area contributed by atoms with Crippen LogP contribution >= 0.6 is 0 Å². The molecule has 0 atom stereocenters. The molecule has 2 N–H and O–H groups in total. The molecule has 0 bridgehead atoms. The van der Waals surface area contributed by atoms with E-state index in [0.29, 0.717) is 22.6 Å². The first-order chi connectivity index (χ1) is 11.4. The van der Waals surface area contributed by atoms with Gasteiger partial charge in [0.25, 0.3) is 0 Å². The van der Waals surface area contributed by atoms with Crippen LogP contribution in [-0.4, -0.2) is 22.9 Å². The number of rotatable bonds is 4. The third kappa shape index (κ3) is 2.44. The molecule has 122 valence electrons. The van der Waals surface area contributed by atoms with Crippen molar-refractivity contribution in [2.24, 2.45) is 0 Å². The number of benzene rings is 1. The Morgan fingerprint density at radius 1 is 1.42 bits per heavy atom. The van der Waals surface area contributed by atoms with Crippen LogP contribution in [0.25, 0.3) is 16.8 Å². The number of anilines is 1. The van der Waals surface area contributed by atoms with Crippen molar-refractivity contribution in [2.45, 2.75) is 25.3 Å². The normalized spacial score (nSPS) is 14.7. The number of hydrogen-bond acceptors (Lipinski definition) is 5. The molecule has 0 spiro atoms. The topological polar surface area (TPSA) is 93.9 Å². The SMILES string of the molecule is C=C(C(=O)OC)c1ccc(-c2nn(C3(C)CC3)c(N)c2C#N)cc1. The summed E-state index contributed by atoms with van der Waals surface area (Å²) in [6.07, 6.45) is 2.00. The van der Waals surface area contributed by atoms with E-state index in [1.807, 2.05) is 0 Å². The highest BCUT2D eigenvalue weighted by Gasteiger charge is 2.42. The van der Waals surface area contributed by atoms with Gasteiger partial charge < -0.3 is 10.5 Å². The van der Waals surface area contributed by atoms with Gasteiger partial charge in [-0.15, -0.1) is 0 Å². The van der Waals surface area contributed by atoms with E-state index in [1.54, 1.807) is 28.9 Å². The van der Waals surface area contributed by atoms with Gasteiger partial charge in [-0.2, -0.15) is 10.4 Å². The average molecular weight is 322 g/mol. The molecule has 0 unspecified atom stereocenters. The lowest BCUT2D eigenvalue weighted by Crippen LogP contribution is -2.16. The fourth-order valence-electron chi connectivity index (χ4n) is 2.62. The van der Waals surface area contributed by atoms with Crippen molar-refractivity contribution in [1.82, 2.24) is 9.78 Å². The summed E-state index contributed by atoms with van der Waals surface area (Å²) in [7, 11) is 1.31. The van der Waals surface area contributed by atoms with Gasteiger partial charge in [0.15, 0.2) is 0 Å². The number of aromatic nitrogens is 2. The summed E-state index contributed by atoms with van der Waals surface area (Å²) < 4.78 is 6.42.